The summed E-state index contributed by atoms with van der Waals surface area (Å²) in [4.78, 5) is 35.2. The second kappa shape index (κ2) is 10.6. The van der Waals surface area contributed by atoms with Crippen LogP contribution in [-0.2, 0) is 0 Å². The molecule has 2 aromatic heterocycles. The average molecular weight is 506 g/mol. The van der Waals surface area contributed by atoms with E-state index in [1.807, 2.05) is 12.1 Å². The van der Waals surface area contributed by atoms with Gasteiger partial charge in [0.1, 0.15) is 5.75 Å². The van der Waals surface area contributed by atoms with E-state index < -0.39 is 0 Å². The minimum Gasteiger partial charge on any atom is -0.497 e. The van der Waals surface area contributed by atoms with E-state index in [2.05, 4.69) is 32.2 Å². The highest BCUT2D eigenvalue weighted by Gasteiger charge is 2.18. The van der Waals surface area contributed by atoms with Crippen LogP contribution in [0.2, 0.25) is 5.02 Å². The molecule has 5 rings (SSSR count). The van der Waals surface area contributed by atoms with Gasteiger partial charge in [0.15, 0.2) is 5.65 Å². The van der Waals surface area contributed by atoms with Crippen LogP contribution < -0.4 is 20.5 Å². The molecule has 36 heavy (non-hydrogen) atoms. The van der Waals surface area contributed by atoms with E-state index in [1.54, 1.807) is 43.6 Å². The minimum absolute atomic E-state index is 0.238. The van der Waals surface area contributed by atoms with Crippen LogP contribution in [0.15, 0.2) is 65.6 Å². The molecule has 3 heterocycles. The van der Waals surface area contributed by atoms with Crippen LogP contribution in [0, 0.1) is 0 Å². The molecule has 4 aromatic rings. The highest BCUT2D eigenvalue weighted by Crippen LogP contribution is 2.21. The Bertz CT molecular complexity index is 1450. The number of methoxy groups -OCH3 is 1. The predicted octanol–water partition coefficient (Wildman–Crippen LogP) is 3.45. The zero-order valence-electron chi connectivity index (χ0n) is 20.1. The first-order chi connectivity index (χ1) is 17.5. The van der Waals surface area contributed by atoms with Crippen LogP contribution in [0.4, 0.5) is 5.69 Å². The van der Waals surface area contributed by atoms with Gasteiger partial charge in [0, 0.05) is 49.6 Å². The number of anilines is 1. The summed E-state index contributed by atoms with van der Waals surface area (Å²) in [5, 5.41) is 3.88. The normalized spacial score (nSPS) is 14.3. The van der Waals surface area contributed by atoms with Crippen LogP contribution in [0.1, 0.15) is 16.8 Å². The maximum Gasteiger partial charge on any atom is 0.265 e. The molecule has 0 atom stereocenters. The molecule has 1 N–H and O–H groups in total. The number of hydrogen-bond donors (Lipinski definition) is 1. The number of benzene rings is 2. The Balaban J connectivity index is 1.15. The molecule has 0 bridgehead atoms. The van der Waals surface area contributed by atoms with E-state index in [-0.39, 0.29) is 11.5 Å². The zero-order chi connectivity index (χ0) is 25.1. The first kappa shape index (κ1) is 24.1. The summed E-state index contributed by atoms with van der Waals surface area (Å²) < 4.78 is 6.64. The van der Waals surface area contributed by atoms with Crippen molar-refractivity contribution in [2.45, 2.75) is 6.42 Å². The van der Waals surface area contributed by atoms with E-state index in [0.29, 0.717) is 33.7 Å². The number of nitrogens with one attached hydrogen (secondary N) is 1. The number of halogens is 1. The molecule has 1 aliphatic rings. The Morgan fingerprint density at radius 3 is 2.61 bits per heavy atom. The number of ether oxygens (including phenoxy) is 1. The van der Waals surface area contributed by atoms with E-state index in [9.17, 15) is 9.59 Å². The molecule has 8 nitrogen and oxygen atoms in total. The molecule has 1 saturated heterocycles. The minimum atomic E-state index is -0.249. The van der Waals surface area contributed by atoms with Crippen LogP contribution in [0.5, 0.6) is 5.75 Å². The van der Waals surface area contributed by atoms with Gasteiger partial charge in [-0.05, 0) is 67.6 Å². The molecule has 0 aliphatic carbocycles. The molecule has 1 aliphatic heterocycles. The fourth-order valence-electron chi connectivity index (χ4n) is 4.60. The number of nitrogens with zero attached hydrogens (tertiary/aromatic N) is 4. The van der Waals surface area contributed by atoms with Gasteiger partial charge in [0.2, 0.25) is 0 Å². The Kier molecular flexibility index (Phi) is 7.06. The average Bonchev–Trinajstić information content (AvgIpc) is 2.92. The van der Waals surface area contributed by atoms with Crippen LogP contribution in [0.25, 0.3) is 16.6 Å². The Morgan fingerprint density at radius 1 is 1.08 bits per heavy atom. The van der Waals surface area contributed by atoms with Gasteiger partial charge in [-0.1, -0.05) is 11.6 Å². The molecule has 2 aromatic carbocycles. The molecule has 1 amide bonds. The Morgan fingerprint density at radius 2 is 1.86 bits per heavy atom. The van der Waals surface area contributed by atoms with Crippen molar-refractivity contribution in [2.75, 3.05) is 51.3 Å². The number of rotatable bonds is 7. The number of carbonyl (C=O) groups excluding carboxylic acids is 1. The number of amides is 1. The van der Waals surface area contributed by atoms with Crippen molar-refractivity contribution < 1.29 is 9.53 Å². The highest BCUT2D eigenvalue weighted by molar-refractivity contribution is 6.31. The molecular formula is C27H28ClN5O3. The van der Waals surface area contributed by atoms with E-state index >= 15 is 0 Å². The third-order valence-electron chi connectivity index (χ3n) is 6.59. The van der Waals surface area contributed by atoms with Gasteiger partial charge < -0.3 is 15.0 Å². The monoisotopic (exact) mass is 505 g/mol. The molecule has 0 unspecified atom stereocenters. The van der Waals surface area contributed by atoms with Crippen molar-refractivity contribution >= 4 is 39.7 Å². The number of hydrogen-bond acceptors (Lipinski definition) is 6. The van der Waals surface area contributed by atoms with Gasteiger partial charge >= 0.3 is 0 Å². The maximum absolute atomic E-state index is 12.9. The summed E-state index contributed by atoms with van der Waals surface area (Å²) in [5.74, 6) is 0.627. The number of pyridine rings is 1. The largest absolute Gasteiger partial charge is 0.497 e. The van der Waals surface area contributed by atoms with Crippen molar-refractivity contribution in [3.8, 4) is 5.75 Å². The van der Waals surface area contributed by atoms with Crippen LogP contribution in [-0.4, -0.2) is 66.6 Å². The second-order valence-electron chi connectivity index (χ2n) is 8.83. The third kappa shape index (κ3) is 5.01. The summed E-state index contributed by atoms with van der Waals surface area (Å²) in [5.41, 5.74) is 2.18. The molecule has 0 spiro atoms. The lowest BCUT2D eigenvalue weighted by molar-refractivity contribution is 0.0952. The predicted molar refractivity (Wildman–Crippen MR) is 143 cm³/mol. The Labute approximate surface area is 214 Å². The fraction of sp³-hybridized carbons (Fsp3) is 0.296. The first-order valence-corrected chi connectivity index (χ1v) is 12.4. The summed E-state index contributed by atoms with van der Waals surface area (Å²) in [6.07, 6.45) is 2.46. The number of piperazine rings is 1. The van der Waals surface area contributed by atoms with E-state index in [1.165, 1.54) is 10.1 Å². The van der Waals surface area contributed by atoms with E-state index in [4.69, 9.17) is 16.3 Å². The Hall–Kier alpha value is -3.62. The lowest BCUT2D eigenvalue weighted by Crippen LogP contribution is -2.47. The molecule has 186 valence electrons. The number of aromatic nitrogens is 2. The summed E-state index contributed by atoms with van der Waals surface area (Å²) >= 11 is 6.05. The highest BCUT2D eigenvalue weighted by atomic mass is 35.5. The third-order valence-corrected chi connectivity index (χ3v) is 6.83. The smallest absolute Gasteiger partial charge is 0.265 e. The molecule has 9 heteroatoms. The standard InChI is InChI=1S/C27H28ClN5O3/c1-36-21-8-6-20(7-9-21)32-16-14-31(15-17-32)12-3-11-29-26(34)22-4-2-13-33-25(22)30-24-10-5-19(28)18-23(24)27(33)35/h2,4-10,13,18H,3,11-12,14-17H2,1H3,(H,29,34). The SMILES string of the molecule is COc1ccc(N2CCN(CCCNC(=O)c3cccn4c(=O)c5cc(Cl)ccc5nc34)CC2)cc1. The van der Waals surface area contributed by atoms with Gasteiger partial charge in [-0.3, -0.25) is 18.9 Å². The van der Waals surface area contributed by atoms with Gasteiger partial charge in [-0.15, -0.1) is 0 Å². The summed E-state index contributed by atoms with van der Waals surface area (Å²) in [7, 11) is 1.68. The van der Waals surface area contributed by atoms with Crippen molar-refractivity contribution in [1.29, 1.82) is 0 Å². The number of fused-ring (bicyclic) bond motifs is 2. The topological polar surface area (TPSA) is 79.2 Å². The molecule has 0 radical (unpaired) electrons. The van der Waals surface area contributed by atoms with Crippen LogP contribution >= 0.6 is 11.6 Å². The van der Waals surface area contributed by atoms with Crippen molar-refractivity contribution in [3.05, 3.63) is 81.7 Å². The quantitative estimate of drug-likeness (QED) is 0.306. The van der Waals surface area contributed by atoms with Crippen molar-refractivity contribution in [3.63, 3.8) is 0 Å². The zero-order valence-corrected chi connectivity index (χ0v) is 20.9. The lowest BCUT2D eigenvalue weighted by Gasteiger charge is -2.36. The van der Waals surface area contributed by atoms with Crippen LogP contribution in [0.3, 0.4) is 0 Å². The second-order valence-corrected chi connectivity index (χ2v) is 9.27. The summed E-state index contributed by atoms with van der Waals surface area (Å²) in [6, 6.07) is 16.5. The molecular weight excluding hydrogens is 478 g/mol. The first-order valence-electron chi connectivity index (χ1n) is 12.0. The summed E-state index contributed by atoms with van der Waals surface area (Å²) in [6.45, 7) is 5.35. The van der Waals surface area contributed by atoms with Gasteiger partial charge in [-0.25, -0.2) is 4.98 Å². The fourth-order valence-corrected chi connectivity index (χ4v) is 4.77. The lowest BCUT2D eigenvalue weighted by atomic mass is 10.2. The maximum atomic E-state index is 12.9. The van der Waals surface area contributed by atoms with Crippen molar-refractivity contribution in [2.24, 2.45) is 0 Å². The van der Waals surface area contributed by atoms with Gasteiger partial charge in [0.05, 0.1) is 23.6 Å². The van der Waals surface area contributed by atoms with Gasteiger partial charge in [0.25, 0.3) is 11.5 Å². The molecule has 1 fully saturated rings. The van der Waals surface area contributed by atoms with Gasteiger partial charge in [-0.2, -0.15) is 0 Å². The number of carbonyl (C=O) groups is 1. The molecule has 0 saturated carbocycles. The van der Waals surface area contributed by atoms with Crippen molar-refractivity contribution in [1.82, 2.24) is 19.6 Å². The van der Waals surface area contributed by atoms with E-state index in [0.717, 1.165) is 44.9 Å².